The molecule has 0 unspecified atom stereocenters. The molecule has 2 aromatic heterocycles. The Morgan fingerprint density at radius 1 is 1.29 bits per heavy atom. The number of hydrogen-bond donors (Lipinski definition) is 0. The molecule has 7 nitrogen and oxygen atoms in total. The van der Waals surface area contributed by atoms with Gasteiger partial charge in [0.05, 0.1) is 24.1 Å². The van der Waals surface area contributed by atoms with Crippen LogP contribution in [-0.4, -0.2) is 47.4 Å². The molecule has 152 valence electrons. The van der Waals surface area contributed by atoms with Gasteiger partial charge in [-0.1, -0.05) is 11.6 Å². The van der Waals surface area contributed by atoms with E-state index in [0.717, 1.165) is 12.8 Å². The number of Topliss-reactive ketones (excluding diaryl/α,β-unsaturated/α-hetero) is 1. The Morgan fingerprint density at radius 3 is 2.68 bits per heavy atom. The molecule has 0 radical (unpaired) electrons. The Morgan fingerprint density at radius 2 is 2.04 bits per heavy atom. The molecule has 2 aromatic rings. The molecule has 0 amide bonds. The maximum atomic E-state index is 13.1. The van der Waals surface area contributed by atoms with E-state index in [0.29, 0.717) is 47.7 Å². The third-order valence-electron chi connectivity index (χ3n) is 5.31. The zero-order chi connectivity index (χ0) is 19.7. The normalized spacial score (nSPS) is 19.6. The first-order chi connectivity index (χ1) is 13.4. The van der Waals surface area contributed by atoms with E-state index in [1.807, 2.05) is 0 Å². The summed E-state index contributed by atoms with van der Waals surface area (Å²) in [5.74, 6) is 0.311. The summed E-state index contributed by atoms with van der Waals surface area (Å²) in [6, 6.07) is -0.520. The van der Waals surface area contributed by atoms with E-state index >= 15 is 0 Å². The second-order valence-electron chi connectivity index (χ2n) is 7.41. The predicted molar refractivity (Wildman–Crippen MR) is 105 cm³/mol. The van der Waals surface area contributed by atoms with Gasteiger partial charge in [-0.3, -0.25) is 9.48 Å². The average Bonchev–Trinajstić information content (AvgIpc) is 3.30. The summed E-state index contributed by atoms with van der Waals surface area (Å²) in [6.07, 6.45) is 8.38. The first-order valence-electron chi connectivity index (χ1n) is 9.42. The summed E-state index contributed by atoms with van der Waals surface area (Å²) < 4.78 is 32.5. The standard InChI is InChI=1S/C18H22ClN3O4S2/c19-17-10-20-18(27-17)8-16(23)15(7-12-3-5-26-6-4-12)22-11-14(9-21-22)28(24,25)13-1-2-13/h9-13,15H,1-8H2/t15-/m1/s1. The van der Waals surface area contributed by atoms with Gasteiger partial charge in [-0.15, -0.1) is 11.3 Å². The average molecular weight is 444 g/mol. The van der Waals surface area contributed by atoms with E-state index in [1.165, 1.54) is 34.6 Å². The quantitative estimate of drug-likeness (QED) is 0.622. The molecule has 1 saturated carbocycles. The van der Waals surface area contributed by atoms with E-state index in [1.54, 1.807) is 0 Å². The highest BCUT2D eigenvalue weighted by Crippen LogP contribution is 2.34. The fourth-order valence-corrected chi connectivity index (χ4v) is 6.09. The molecule has 0 spiro atoms. The van der Waals surface area contributed by atoms with Crippen molar-refractivity contribution in [1.29, 1.82) is 0 Å². The summed E-state index contributed by atoms with van der Waals surface area (Å²) in [4.78, 5) is 17.5. The van der Waals surface area contributed by atoms with Crippen molar-refractivity contribution >= 4 is 38.6 Å². The van der Waals surface area contributed by atoms with Crippen molar-refractivity contribution in [1.82, 2.24) is 14.8 Å². The zero-order valence-electron chi connectivity index (χ0n) is 15.3. The smallest absolute Gasteiger partial charge is 0.184 e. The van der Waals surface area contributed by atoms with Crippen LogP contribution in [0.15, 0.2) is 23.5 Å². The lowest BCUT2D eigenvalue weighted by Gasteiger charge is -2.26. The van der Waals surface area contributed by atoms with E-state index in [-0.39, 0.29) is 22.3 Å². The number of thiazole rings is 1. The number of ketones is 1. The van der Waals surface area contributed by atoms with Gasteiger partial charge in [0.25, 0.3) is 0 Å². The van der Waals surface area contributed by atoms with Gasteiger partial charge >= 0.3 is 0 Å². The van der Waals surface area contributed by atoms with Gasteiger partial charge in [-0.05, 0) is 38.0 Å². The number of halogens is 1. The molecule has 0 N–H and O–H groups in total. The van der Waals surface area contributed by atoms with Crippen molar-refractivity contribution in [3.63, 3.8) is 0 Å². The molecule has 4 rings (SSSR count). The number of carbonyl (C=O) groups is 1. The molecular weight excluding hydrogens is 422 g/mol. The van der Waals surface area contributed by atoms with Gasteiger partial charge < -0.3 is 4.74 Å². The summed E-state index contributed by atoms with van der Waals surface area (Å²) in [5.41, 5.74) is 0. The first kappa shape index (κ1) is 20.0. The van der Waals surface area contributed by atoms with Crippen LogP contribution in [0, 0.1) is 5.92 Å². The molecular formula is C18H22ClN3O4S2. The SMILES string of the molecule is O=C(Cc1ncc(Cl)s1)[C@@H](CC1CCOCC1)n1cc(S(=O)(=O)C2CC2)cn1. The van der Waals surface area contributed by atoms with Crippen LogP contribution >= 0.6 is 22.9 Å². The minimum absolute atomic E-state index is 0.0315. The van der Waals surface area contributed by atoms with Gasteiger partial charge in [0.15, 0.2) is 15.6 Å². The number of rotatable bonds is 8. The Bertz CT molecular complexity index is 946. The highest BCUT2D eigenvalue weighted by Gasteiger charge is 2.38. The molecule has 1 aliphatic heterocycles. The van der Waals surface area contributed by atoms with Crippen molar-refractivity contribution < 1.29 is 17.9 Å². The number of aromatic nitrogens is 3. The lowest BCUT2D eigenvalue weighted by Crippen LogP contribution is -2.27. The molecule has 0 bridgehead atoms. The van der Waals surface area contributed by atoms with Gasteiger partial charge in [0, 0.05) is 19.4 Å². The molecule has 28 heavy (non-hydrogen) atoms. The van der Waals surface area contributed by atoms with Crippen molar-refractivity contribution in [2.24, 2.45) is 5.92 Å². The second kappa shape index (κ2) is 8.22. The van der Waals surface area contributed by atoms with Gasteiger partial charge in [-0.2, -0.15) is 5.10 Å². The van der Waals surface area contributed by atoms with Crippen molar-refractivity contribution in [2.75, 3.05) is 13.2 Å². The van der Waals surface area contributed by atoms with Gasteiger partial charge in [0.1, 0.15) is 20.3 Å². The fourth-order valence-electron chi connectivity index (χ4n) is 3.53. The molecule has 1 atom stereocenters. The first-order valence-corrected chi connectivity index (χ1v) is 12.2. The Labute approximate surface area is 173 Å². The van der Waals surface area contributed by atoms with Crippen LogP contribution < -0.4 is 0 Å². The largest absolute Gasteiger partial charge is 0.381 e. The van der Waals surface area contributed by atoms with Crippen molar-refractivity contribution in [3.8, 4) is 0 Å². The monoisotopic (exact) mass is 443 g/mol. The lowest BCUT2D eigenvalue weighted by atomic mass is 9.90. The molecule has 2 fully saturated rings. The van der Waals surface area contributed by atoms with Crippen molar-refractivity contribution in [2.45, 2.75) is 54.7 Å². The van der Waals surface area contributed by atoms with Crippen LogP contribution in [0.5, 0.6) is 0 Å². The van der Waals surface area contributed by atoms with Gasteiger partial charge in [-0.25, -0.2) is 13.4 Å². The maximum Gasteiger partial charge on any atom is 0.184 e. The maximum absolute atomic E-state index is 13.1. The molecule has 3 heterocycles. The highest BCUT2D eigenvalue weighted by atomic mass is 35.5. The summed E-state index contributed by atoms with van der Waals surface area (Å²) >= 11 is 7.22. The fraction of sp³-hybridized carbons (Fsp3) is 0.611. The number of hydrogen-bond acceptors (Lipinski definition) is 7. The van der Waals surface area contributed by atoms with Crippen LogP contribution in [0.25, 0.3) is 0 Å². The number of nitrogens with zero attached hydrogens (tertiary/aromatic N) is 3. The van der Waals surface area contributed by atoms with E-state index < -0.39 is 15.9 Å². The molecule has 10 heteroatoms. The Balaban J connectivity index is 1.56. The van der Waals surface area contributed by atoms with Crippen molar-refractivity contribution in [3.05, 3.63) is 27.9 Å². The number of carbonyl (C=O) groups excluding carboxylic acids is 1. The minimum Gasteiger partial charge on any atom is -0.381 e. The second-order valence-corrected chi connectivity index (χ2v) is 11.4. The van der Waals surface area contributed by atoms with Crippen LogP contribution in [0.1, 0.15) is 43.2 Å². The number of ether oxygens (including phenoxy) is 1. The molecule has 1 saturated heterocycles. The minimum atomic E-state index is -3.34. The van der Waals surface area contributed by atoms with E-state index in [2.05, 4.69) is 10.1 Å². The third kappa shape index (κ3) is 4.48. The number of sulfone groups is 1. The predicted octanol–water partition coefficient (Wildman–Crippen LogP) is 3.10. The molecule has 2 aliphatic rings. The topological polar surface area (TPSA) is 91.1 Å². The summed E-state index contributed by atoms with van der Waals surface area (Å²) in [6.45, 7) is 1.38. The Hall–Kier alpha value is -1.29. The highest BCUT2D eigenvalue weighted by molar-refractivity contribution is 7.92. The Kier molecular flexibility index (Phi) is 5.87. The molecule has 0 aromatic carbocycles. The van der Waals surface area contributed by atoms with Crippen LogP contribution in [0.2, 0.25) is 4.34 Å². The third-order valence-corrected chi connectivity index (χ3v) is 8.64. The van der Waals surface area contributed by atoms with Crippen LogP contribution in [0.4, 0.5) is 0 Å². The van der Waals surface area contributed by atoms with E-state index in [9.17, 15) is 13.2 Å². The molecule has 1 aliphatic carbocycles. The van der Waals surface area contributed by atoms with Crippen LogP contribution in [0.3, 0.4) is 0 Å². The van der Waals surface area contributed by atoms with Crippen LogP contribution in [-0.2, 0) is 25.8 Å². The van der Waals surface area contributed by atoms with Gasteiger partial charge in [0.2, 0.25) is 0 Å². The zero-order valence-corrected chi connectivity index (χ0v) is 17.7. The summed E-state index contributed by atoms with van der Waals surface area (Å²) in [5, 5.41) is 4.63. The summed E-state index contributed by atoms with van der Waals surface area (Å²) in [7, 11) is -3.34. The lowest BCUT2D eigenvalue weighted by molar-refractivity contribution is -0.122. The van der Waals surface area contributed by atoms with E-state index in [4.69, 9.17) is 16.3 Å².